The quantitative estimate of drug-likeness (QED) is 0.358. The number of halogens is 3. The summed E-state index contributed by atoms with van der Waals surface area (Å²) in [5, 5.41) is 19.7. The zero-order chi connectivity index (χ0) is 29.7. The molecule has 1 saturated heterocycles. The van der Waals surface area contributed by atoms with Crippen LogP contribution in [0.4, 0.5) is 18.9 Å². The summed E-state index contributed by atoms with van der Waals surface area (Å²) in [6.07, 6.45) is 5.14. The highest BCUT2D eigenvalue weighted by molar-refractivity contribution is 5.95. The average molecular weight is 585 g/mol. The van der Waals surface area contributed by atoms with Gasteiger partial charge in [0.15, 0.2) is 11.6 Å². The Balaban J connectivity index is 1.26. The van der Waals surface area contributed by atoms with Gasteiger partial charge in [0.2, 0.25) is 0 Å². The summed E-state index contributed by atoms with van der Waals surface area (Å²) >= 11 is 0. The van der Waals surface area contributed by atoms with Crippen LogP contribution in [0.3, 0.4) is 0 Å². The molecule has 2 fully saturated rings. The maximum absolute atomic E-state index is 13.4. The predicted molar refractivity (Wildman–Crippen MR) is 153 cm³/mol. The Morgan fingerprint density at radius 2 is 1.88 bits per heavy atom. The molecule has 2 aromatic heterocycles. The molecule has 1 saturated carbocycles. The number of hydrogen-bond acceptors (Lipinski definition) is 7. The van der Waals surface area contributed by atoms with E-state index >= 15 is 0 Å². The Hall–Kier alpha value is -3.51. The van der Waals surface area contributed by atoms with E-state index in [2.05, 4.69) is 35.7 Å². The largest absolute Gasteiger partial charge is 0.433 e. The summed E-state index contributed by atoms with van der Waals surface area (Å²) in [6.45, 7) is 1.89. The Bertz CT molecular complexity index is 1370. The smallest absolute Gasteiger partial charge is 0.378 e. The van der Waals surface area contributed by atoms with Gasteiger partial charge in [-0.25, -0.2) is 0 Å². The number of hydrogen-bond donors (Lipinski definition) is 3. The molecule has 226 valence electrons. The van der Waals surface area contributed by atoms with Gasteiger partial charge in [-0.15, -0.1) is 10.2 Å². The molecule has 3 aromatic rings. The lowest BCUT2D eigenvalue weighted by atomic mass is 9.69. The highest BCUT2D eigenvalue weighted by atomic mass is 19.4. The zero-order valence-corrected chi connectivity index (χ0v) is 24.2. The van der Waals surface area contributed by atoms with Crippen LogP contribution in [0, 0.1) is 5.41 Å². The van der Waals surface area contributed by atoms with Crippen molar-refractivity contribution in [3.05, 3.63) is 71.1 Å². The summed E-state index contributed by atoms with van der Waals surface area (Å²) in [5.41, 5.74) is 0.138. The molecule has 1 amide bonds. The topological polar surface area (TPSA) is 100 Å². The molecule has 42 heavy (non-hydrogen) atoms. The Morgan fingerprint density at radius 1 is 1.12 bits per heavy atom. The van der Waals surface area contributed by atoms with Gasteiger partial charge >= 0.3 is 6.18 Å². The summed E-state index contributed by atoms with van der Waals surface area (Å²) in [5.74, 6) is 1.32. The molecular weight excluding hydrogens is 545 g/mol. The minimum absolute atomic E-state index is 0.0577. The number of pyridine rings is 1. The number of carbonyl (C=O) groups is 1. The molecule has 1 aliphatic heterocycles. The Kier molecular flexibility index (Phi) is 9.12. The molecule has 12 heteroatoms. The van der Waals surface area contributed by atoms with Gasteiger partial charge in [-0.1, -0.05) is 44.2 Å². The predicted octanol–water partition coefficient (Wildman–Crippen LogP) is 5.04. The van der Waals surface area contributed by atoms with E-state index in [1.807, 2.05) is 13.1 Å². The van der Waals surface area contributed by atoms with E-state index in [1.54, 1.807) is 18.2 Å². The lowest BCUT2D eigenvalue weighted by Crippen LogP contribution is -2.54. The Labute approximate surface area is 244 Å². The van der Waals surface area contributed by atoms with E-state index in [0.717, 1.165) is 43.9 Å². The minimum Gasteiger partial charge on any atom is -0.378 e. The molecule has 1 atom stereocenters. The summed E-state index contributed by atoms with van der Waals surface area (Å²) < 4.78 is 42.2. The number of anilines is 1. The number of nitrogens with zero attached hydrogens (tertiary/aromatic N) is 5. The fourth-order valence-corrected chi connectivity index (χ4v) is 6.34. The normalized spacial score (nSPS) is 19.2. The SMILES string of the molecule is CN(Cc1cccnc1C(F)(F)F)C(=O)c1cccc(NCc2nnc(C3NCNCC34CCCCCCC4)n2C)c1. The van der Waals surface area contributed by atoms with Crippen LogP contribution in [-0.2, 0) is 26.3 Å². The van der Waals surface area contributed by atoms with Crippen molar-refractivity contribution < 1.29 is 18.0 Å². The minimum atomic E-state index is -4.59. The van der Waals surface area contributed by atoms with E-state index in [9.17, 15) is 18.0 Å². The molecule has 1 aliphatic carbocycles. The summed E-state index contributed by atoms with van der Waals surface area (Å²) in [7, 11) is 3.48. The van der Waals surface area contributed by atoms with Crippen LogP contribution < -0.4 is 16.0 Å². The van der Waals surface area contributed by atoms with Crippen LogP contribution in [-0.4, -0.2) is 50.8 Å². The van der Waals surface area contributed by atoms with Crippen molar-refractivity contribution >= 4 is 11.6 Å². The van der Waals surface area contributed by atoms with Gasteiger partial charge < -0.3 is 20.1 Å². The van der Waals surface area contributed by atoms with Gasteiger partial charge in [0.1, 0.15) is 5.69 Å². The van der Waals surface area contributed by atoms with Crippen molar-refractivity contribution in [3.63, 3.8) is 0 Å². The lowest BCUT2D eigenvalue weighted by molar-refractivity contribution is -0.142. The van der Waals surface area contributed by atoms with Crippen molar-refractivity contribution in [1.29, 1.82) is 0 Å². The van der Waals surface area contributed by atoms with Crippen LogP contribution in [0.2, 0.25) is 0 Å². The van der Waals surface area contributed by atoms with Crippen molar-refractivity contribution in [2.24, 2.45) is 12.5 Å². The molecule has 0 bridgehead atoms. The molecule has 3 N–H and O–H groups in total. The summed E-state index contributed by atoms with van der Waals surface area (Å²) in [4.78, 5) is 17.9. The van der Waals surface area contributed by atoms with Crippen LogP contribution in [0.15, 0.2) is 42.6 Å². The number of alkyl halides is 3. The standard InChI is InChI=1S/C30H39F3N8O/c1-40(18-22-11-9-15-35-25(22)30(31,32)33)28(42)21-10-8-12-23(16-21)36-17-24-38-39-27(41(24)2)26-29(19-34-20-37-26)13-6-4-3-5-7-14-29/h8-12,15-16,26,34,36-37H,3-7,13-14,17-20H2,1-2H3. The van der Waals surface area contributed by atoms with Crippen molar-refractivity contribution in [3.8, 4) is 0 Å². The van der Waals surface area contributed by atoms with E-state index in [0.29, 0.717) is 17.8 Å². The van der Waals surface area contributed by atoms with Crippen LogP contribution >= 0.6 is 0 Å². The highest BCUT2D eigenvalue weighted by Gasteiger charge is 2.43. The third-order valence-electron chi connectivity index (χ3n) is 8.60. The third kappa shape index (κ3) is 6.59. The van der Waals surface area contributed by atoms with Crippen molar-refractivity contribution in [2.75, 3.05) is 25.6 Å². The van der Waals surface area contributed by atoms with Crippen molar-refractivity contribution in [1.82, 2.24) is 35.3 Å². The van der Waals surface area contributed by atoms with Crippen LogP contribution in [0.25, 0.3) is 0 Å². The van der Waals surface area contributed by atoms with Crippen LogP contribution in [0.5, 0.6) is 0 Å². The maximum Gasteiger partial charge on any atom is 0.433 e. The number of aromatic nitrogens is 4. The number of nitrogens with one attached hydrogen (secondary N) is 3. The number of amides is 1. The van der Waals surface area contributed by atoms with Gasteiger partial charge in [0.05, 0.1) is 12.6 Å². The third-order valence-corrected chi connectivity index (χ3v) is 8.60. The van der Waals surface area contributed by atoms with E-state index in [1.165, 1.54) is 56.2 Å². The maximum atomic E-state index is 13.4. The van der Waals surface area contributed by atoms with Crippen LogP contribution in [0.1, 0.15) is 84.3 Å². The highest BCUT2D eigenvalue weighted by Crippen LogP contribution is 2.44. The molecular formula is C30H39F3N8O. The number of rotatable bonds is 7. The van der Waals surface area contributed by atoms with Gasteiger partial charge in [-0.05, 0) is 37.1 Å². The van der Waals surface area contributed by atoms with Gasteiger partial charge in [0, 0.05) is 62.3 Å². The molecule has 3 heterocycles. The first-order valence-electron chi connectivity index (χ1n) is 14.6. The monoisotopic (exact) mass is 584 g/mol. The zero-order valence-electron chi connectivity index (χ0n) is 24.2. The number of benzene rings is 1. The first-order chi connectivity index (χ1) is 20.2. The van der Waals surface area contributed by atoms with Crippen molar-refractivity contribution in [2.45, 2.75) is 70.3 Å². The summed E-state index contributed by atoms with van der Waals surface area (Å²) in [6, 6.07) is 9.83. The fourth-order valence-electron chi connectivity index (χ4n) is 6.34. The second-order valence-electron chi connectivity index (χ2n) is 11.5. The van der Waals surface area contributed by atoms with Gasteiger partial charge in [0.25, 0.3) is 5.91 Å². The van der Waals surface area contributed by atoms with E-state index < -0.39 is 17.8 Å². The molecule has 1 aromatic carbocycles. The van der Waals surface area contributed by atoms with Gasteiger partial charge in [-0.3, -0.25) is 15.1 Å². The Morgan fingerprint density at radius 3 is 2.64 bits per heavy atom. The molecule has 2 aliphatic rings. The molecule has 9 nitrogen and oxygen atoms in total. The second kappa shape index (κ2) is 12.8. The second-order valence-corrected chi connectivity index (χ2v) is 11.5. The molecule has 0 radical (unpaired) electrons. The lowest BCUT2D eigenvalue weighted by Gasteiger charge is -2.45. The molecule has 1 unspecified atom stereocenters. The molecule has 1 spiro atoms. The first kappa shape index (κ1) is 30.0. The fraction of sp³-hybridized carbons (Fsp3) is 0.533. The van der Waals surface area contributed by atoms with E-state index in [-0.39, 0.29) is 23.6 Å². The van der Waals surface area contributed by atoms with E-state index in [4.69, 9.17) is 0 Å². The molecule has 5 rings (SSSR count). The average Bonchev–Trinajstić information content (AvgIpc) is 3.33. The first-order valence-corrected chi connectivity index (χ1v) is 14.6. The number of carbonyl (C=O) groups excluding carboxylic acids is 1. The van der Waals surface area contributed by atoms with Gasteiger partial charge in [-0.2, -0.15) is 13.2 Å².